The minimum absolute atomic E-state index is 0.238. The standard InChI is InChI=1S/C28H29FN6O2/c1-34-11-9-20-17(16-34)2-4-21(29)26(20)23-14-24(27-22(32-23)6-10-30-28(27)37)33-25-5-3-18(15-31-25)35-12-7-19(36)8-13-35/h2-6,10,14-15,19,36H,7-9,11-13,16H2,1H3,(H,30,37)(H,31,32,33). The number of hydrogen-bond acceptors (Lipinski definition) is 7. The van der Waals surface area contributed by atoms with Gasteiger partial charge in [0.25, 0.3) is 5.56 Å². The van der Waals surface area contributed by atoms with Crippen molar-refractivity contribution < 1.29 is 9.50 Å². The fourth-order valence-corrected chi connectivity index (χ4v) is 5.37. The number of aromatic nitrogens is 3. The van der Waals surface area contributed by atoms with Crippen molar-refractivity contribution in [2.45, 2.75) is 31.9 Å². The average molecular weight is 501 g/mol. The Morgan fingerprint density at radius 1 is 1.14 bits per heavy atom. The number of aliphatic hydroxyl groups excluding tert-OH is 1. The highest BCUT2D eigenvalue weighted by molar-refractivity contribution is 5.94. The average Bonchev–Trinajstić information content (AvgIpc) is 2.89. The molecule has 2 aliphatic rings. The molecular formula is C28H29FN6O2. The SMILES string of the molecule is CN1CCc2c(ccc(F)c2-c2cc(Nc3ccc(N4CCC(O)CC4)cn3)c3c(=O)[nH]ccc3n2)C1. The van der Waals surface area contributed by atoms with E-state index in [4.69, 9.17) is 4.98 Å². The van der Waals surface area contributed by atoms with E-state index in [0.717, 1.165) is 62.3 Å². The van der Waals surface area contributed by atoms with E-state index < -0.39 is 0 Å². The van der Waals surface area contributed by atoms with Crippen molar-refractivity contribution in [1.82, 2.24) is 19.9 Å². The maximum atomic E-state index is 15.3. The second-order valence-electron chi connectivity index (χ2n) is 9.91. The molecule has 3 N–H and O–H groups in total. The van der Waals surface area contributed by atoms with Crippen molar-refractivity contribution in [2.75, 3.05) is 36.9 Å². The largest absolute Gasteiger partial charge is 0.393 e. The van der Waals surface area contributed by atoms with Gasteiger partial charge in [0.05, 0.1) is 40.3 Å². The van der Waals surface area contributed by atoms with Gasteiger partial charge in [-0.3, -0.25) is 4.79 Å². The van der Waals surface area contributed by atoms with Crippen LogP contribution in [0.3, 0.4) is 0 Å². The van der Waals surface area contributed by atoms with E-state index in [-0.39, 0.29) is 17.5 Å². The number of likely N-dealkylation sites (N-methyl/N-ethyl adjacent to an activating group) is 1. The number of piperidine rings is 1. The molecule has 0 atom stereocenters. The fraction of sp³-hybridized carbons (Fsp3) is 0.321. The smallest absolute Gasteiger partial charge is 0.259 e. The second-order valence-corrected chi connectivity index (χ2v) is 9.91. The third-order valence-electron chi connectivity index (χ3n) is 7.37. The molecule has 0 radical (unpaired) electrons. The second kappa shape index (κ2) is 9.57. The lowest BCUT2D eigenvalue weighted by molar-refractivity contribution is 0.145. The number of aliphatic hydroxyl groups is 1. The summed E-state index contributed by atoms with van der Waals surface area (Å²) in [4.78, 5) is 29.2. The van der Waals surface area contributed by atoms with E-state index in [2.05, 4.69) is 32.1 Å². The molecule has 0 spiro atoms. The van der Waals surface area contributed by atoms with Crippen molar-refractivity contribution in [3.05, 3.63) is 76.1 Å². The molecule has 9 heteroatoms. The minimum atomic E-state index is -0.319. The van der Waals surface area contributed by atoms with Gasteiger partial charge in [-0.25, -0.2) is 14.4 Å². The molecule has 190 valence electrons. The Hall–Kier alpha value is -3.82. The Morgan fingerprint density at radius 2 is 1.97 bits per heavy atom. The van der Waals surface area contributed by atoms with Gasteiger partial charge >= 0.3 is 0 Å². The zero-order valence-corrected chi connectivity index (χ0v) is 20.7. The lowest BCUT2D eigenvalue weighted by atomic mass is 9.92. The molecule has 8 nitrogen and oxygen atoms in total. The monoisotopic (exact) mass is 500 g/mol. The first-order chi connectivity index (χ1) is 18.0. The Kier molecular flexibility index (Phi) is 6.10. The van der Waals surface area contributed by atoms with E-state index >= 15 is 4.39 Å². The van der Waals surface area contributed by atoms with Gasteiger partial charge in [-0.15, -0.1) is 0 Å². The van der Waals surface area contributed by atoms with Gasteiger partial charge in [-0.1, -0.05) is 6.07 Å². The third kappa shape index (κ3) is 4.56. The van der Waals surface area contributed by atoms with Crippen molar-refractivity contribution in [2.24, 2.45) is 0 Å². The number of pyridine rings is 3. The zero-order chi connectivity index (χ0) is 25.5. The predicted molar refractivity (Wildman–Crippen MR) is 143 cm³/mol. The number of rotatable bonds is 4. The maximum Gasteiger partial charge on any atom is 0.259 e. The summed E-state index contributed by atoms with van der Waals surface area (Å²) in [5, 5.41) is 13.5. The van der Waals surface area contributed by atoms with Crippen molar-refractivity contribution in [3.63, 3.8) is 0 Å². The number of benzene rings is 1. The molecule has 0 amide bonds. The van der Waals surface area contributed by atoms with Crippen molar-refractivity contribution >= 4 is 28.1 Å². The minimum Gasteiger partial charge on any atom is -0.393 e. The number of H-pyrrole nitrogens is 1. The summed E-state index contributed by atoms with van der Waals surface area (Å²) < 4.78 is 15.3. The number of anilines is 3. The van der Waals surface area contributed by atoms with Gasteiger partial charge in [0, 0.05) is 37.9 Å². The van der Waals surface area contributed by atoms with Gasteiger partial charge in [-0.2, -0.15) is 0 Å². The van der Waals surface area contributed by atoms with Crippen LogP contribution in [0.1, 0.15) is 24.0 Å². The zero-order valence-electron chi connectivity index (χ0n) is 20.7. The van der Waals surface area contributed by atoms with Crippen LogP contribution >= 0.6 is 0 Å². The molecule has 0 saturated carbocycles. The molecule has 3 aromatic heterocycles. The van der Waals surface area contributed by atoms with Gasteiger partial charge in [-0.05, 0) is 67.8 Å². The molecule has 1 fully saturated rings. The topological polar surface area (TPSA) is 97.4 Å². The first-order valence-electron chi connectivity index (χ1n) is 12.6. The van der Waals surface area contributed by atoms with Crippen molar-refractivity contribution in [3.8, 4) is 11.3 Å². The maximum absolute atomic E-state index is 15.3. The van der Waals surface area contributed by atoms with Crippen LogP contribution in [0.15, 0.2) is 53.6 Å². The Labute approximate surface area is 213 Å². The van der Waals surface area contributed by atoms with E-state index in [1.807, 2.05) is 18.2 Å². The van der Waals surface area contributed by atoms with Crippen LogP contribution in [0.2, 0.25) is 0 Å². The van der Waals surface area contributed by atoms with E-state index in [1.165, 1.54) is 6.07 Å². The molecule has 2 aliphatic heterocycles. The van der Waals surface area contributed by atoms with Gasteiger partial charge in [0.15, 0.2) is 0 Å². The van der Waals surface area contributed by atoms with E-state index in [1.54, 1.807) is 24.5 Å². The van der Waals surface area contributed by atoms with Crippen molar-refractivity contribution in [1.29, 1.82) is 0 Å². The highest BCUT2D eigenvalue weighted by atomic mass is 19.1. The molecule has 0 aliphatic carbocycles. The summed E-state index contributed by atoms with van der Waals surface area (Å²) in [6, 6.07) is 10.7. The van der Waals surface area contributed by atoms with Crippen LogP contribution in [0.4, 0.5) is 21.6 Å². The number of hydrogen-bond donors (Lipinski definition) is 3. The fourth-order valence-electron chi connectivity index (χ4n) is 5.37. The van der Waals surface area contributed by atoms with Gasteiger partial charge in [0.2, 0.25) is 0 Å². The third-order valence-corrected chi connectivity index (χ3v) is 7.37. The van der Waals surface area contributed by atoms with Crippen LogP contribution < -0.4 is 15.8 Å². The Bertz CT molecular complexity index is 1510. The number of nitrogens with one attached hydrogen (secondary N) is 2. The summed E-state index contributed by atoms with van der Waals surface area (Å²) in [6.45, 7) is 3.17. The highest BCUT2D eigenvalue weighted by Gasteiger charge is 2.23. The Balaban J connectivity index is 1.40. The quantitative estimate of drug-likeness (QED) is 0.392. The molecule has 6 rings (SSSR count). The first kappa shape index (κ1) is 23.6. The molecule has 4 aromatic rings. The molecule has 1 aromatic carbocycles. The lowest BCUT2D eigenvalue weighted by Crippen LogP contribution is -2.35. The number of halogens is 1. The number of aromatic amines is 1. The molecule has 5 heterocycles. The molecular weight excluding hydrogens is 471 g/mol. The summed E-state index contributed by atoms with van der Waals surface area (Å²) >= 11 is 0. The summed E-state index contributed by atoms with van der Waals surface area (Å²) in [5.41, 5.74) is 4.75. The summed E-state index contributed by atoms with van der Waals surface area (Å²) in [7, 11) is 2.06. The highest BCUT2D eigenvalue weighted by Crippen LogP contribution is 2.35. The number of fused-ring (bicyclic) bond motifs is 2. The predicted octanol–water partition coefficient (Wildman–Crippen LogP) is 3.82. The van der Waals surface area contributed by atoms with Crippen LogP contribution in [0.5, 0.6) is 0 Å². The van der Waals surface area contributed by atoms with Gasteiger partial charge < -0.3 is 25.2 Å². The van der Waals surface area contributed by atoms with E-state index in [9.17, 15) is 9.90 Å². The molecule has 0 unspecified atom stereocenters. The van der Waals surface area contributed by atoms with Gasteiger partial charge in [0.1, 0.15) is 11.6 Å². The molecule has 0 bridgehead atoms. The van der Waals surface area contributed by atoms with Crippen LogP contribution in [-0.2, 0) is 13.0 Å². The normalized spacial score (nSPS) is 16.7. The summed E-state index contributed by atoms with van der Waals surface area (Å²) in [6.07, 6.45) is 5.32. The number of nitrogens with zero attached hydrogens (tertiary/aromatic N) is 4. The first-order valence-corrected chi connectivity index (χ1v) is 12.6. The molecule has 37 heavy (non-hydrogen) atoms. The summed E-state index contributed by atoms with van der Waals surface area (Å²) in [5.74, 6) is 0.250. The lowest BCUT2D eigenvalue weighted by Gasteiger charge is -2.31. The van der Waals surface area contributed by atoms with E-state index in [0.29, 0.717) is 33.7 Å². The van der Waals surface area contributed by atoms with Crippen LogP contribution in [0, 0.1) is 5.82 Å². The molecule has 1 saturated heterocycles. The Morgan fingerprint density at radius 3 is 2.76 bits per heavy atom. The van der Waals surface area contributed by atoms with Crippen LogP contribution in [-0.4, -0.2) is 57.7 Å². The van der Waals surface area contributed by atoms with Crippen LogP contribution in [0.25, 0.3) is 22.2 Å².